The third-order valence-electron chi connectivity index (χ3n) is 2.53. The number of nitrogens with two attached hydrogens (primary N) is 2. The summed E-state index contributed by atoms with van der Waals surface area (Å²) in [5.41, 5.74) is 11.1. The van der Waals surface area contributed by atoms with Crippen molar-refractivity contribution < 1.29 is 0 Å². The van der Waals surface area contributed by atoms with E-state index in [1.807, 2.05) is 4.90 Å². The van der Waals surface area contributed by atoms with Crippen molar-refractivity contribution >= 4 is 24.2 Å². The van der Waals surface area contributed by atoms with Crippen LogP contribution in [0.2, 0.25) is 0 Å². The van der Waals surface area contributed by atoms with E-state index in [4.69, 9.17) is 11.5 Å². The van der Waals surface area contributed by atoms with E-state index in [0.29, 0.717) is 5.82 Å². The first-order chi connectivity index (χ1) is 7.15. The summed E-state index contributed by atoms with van der Waals surface area (Å²) in [6, 6.07) is 1.61. The highest BCUT2D eigenvalue weighted by Crippen LogP contribution is 2.15. The molecule has 5 N–H and O–H groups in total. The van der Waals surface area contributed by atoms with E-state index in [0.717, 1.165) is 25.9 Å². The first-order valence-electron chi connectivity index (χ1n) is 5.02. The van der Waals surface area contributed by atoms with Gasteiger partial charge in [-0.2, -0.15) is 4.98 Å². The van der Waals surface area contributed by atoms with Crippen molar-refractivity contribution in [3.8, 4) is 0 Å². The quantitative estimate of drug-likeness (QED) is 0.631. The molecule has 1 aliphatic rings. The summed E-state index contributed by atoms with van der Waals surface area (Å²) < 4.78 is 0. The van der Waals surface area contributed by atoms with Crippen LogP contribution in [0.1, 0.15) is 12.8 Å². The summed E-state index contributed by atoms with van der Waals surface area (Å²) >= 11 is 0. The van der Waals surface area contributed by atoms with E-state index in [1.54, 1.807) is 0 Å². The van der Waals surface area contributed by atoms with Gasteiger partial charge in [0.25, 0.3) is 5.56 Å². The number of anilines is 2. The number of aromatic nitrogens is 2. The van der Waals surface area contributed by atoms with Crippen molar-refractivity contribution in [1.29, 1.82) is 0 Å². The molecule has 2 rings (SSSR count). The van der Waals surface area contributed by atoms with Crippen molar-refractivity contribution in [2.75, 3.05) is 23.7 Å². The molecule has 0 radical (unpaired) electrons. The number of halogens is 1. The monoisotopic (exact) mass is 245 g/mol. The van der Waals surface area contributed by atoms with Crippen molar-refractivity contribution in [3.63, 3.8) is 0 Å². The minimum Gasteiger partial charge on any atom is -0.369 e. The Hall–Kier alpha value is -1.27. The second-order valence-electron chi connectivity index (χ2n) is 3.84. The summed E-state index contributed by atoms with van der Waals surface area (Å²) in [5.74, 6) is 0.767. The van der Waals surface area contributed by atoms with Crippen LogP contribution in [-0.4, -0.2) is 29.1 Å². The first kappa shape index (κ1) is 12.8. The molecule has 0 aliphatic carbocycles. The highest BCUT2D eigenvalue weighted by Gasteiger charge is 2.18. The van der Waals surface area contributed by atoms with E-state index in [9.17, 15) is 4.79 Å². The predicted molar refractivity (Wildman–Crippen MR) is 65.9 cm³/mol. The van der Waals surface area contributed by atoms with Gasteiger partial charge in [0, 0.05) is 25.2 Å². The standard InChI is InChI=1S/C9H15N5O.ClH/c10-6-2-1-3-14(5-6)7-4-8(15)13-9(11)12-7;/h4,6H,1-3,5,10H2,(H3,11,12,13,15);1H. The summed E-state index contributed by atoms with van der Waals surface area (Å²) in [5, 5.41) is 0. The molecule has 90 valence electrons. The van der Waals surface area contributed by atoms with Gasteiger partial charge in [-0.05, 0) is 12.8 Å². The lowest BCUT2D eigenvalue weighted by molar-refractivity contribution is 0.503. The number of hydrogen-bond acceptors (Lipinski definition) is 5. The summed E-state index contributed by atoms with van der Waals surface area (Å²) in [6.45, 7) is 1.61. The SMILES string of the molecule is Cl.Nc1nc(N2CCCC(N)C2)cc(=O)[nH]1. The molecule has 0 amide bonds. The Morgan fingerprint density at radius 2 is 2.31 bits per heavy atom. The molecule has 0 bridgehead atoms. The first-order valence-corrected chi connectivity index (χ1v) is 5.02. The maximum absolute atomic E-state index is 11.2. The fraction of sp³-hybridized carbons (Fsp3) is 0.556. The third-order valence-corrected chi connectivity index (χ3v) is 2.53. The number of piperidine rings is 1. The van der Waals surface area contributed by atoms with Gasteiger partial charge in [0.2, 0.25) is 5.95 Å². The molecule has 0 aromatic carbocycles. The lowest BCUT2D eigenvalue weighted by atomic mass is 10.1. The van der Waals surface area contributed by atoms with Crippen LogP contribution >= 0.6 is 12.4 Å². The number of nitrogens with zero attached hydrogens (tertiary/aromatic N) is 2. The van der Waals surface area contributed by atoms with E-state index in [-0.39, 0.29) is 30.0 Å². The van der Waals surface area contributed by atoms with Gasteiger partial charge in [0.05, 0.1) is 0 Å². The molecule has 1 saturated heterocycles. The molecule has 2 heterocycles. The Morgan fingerprint density at radius 1 is 1.56 bits per heavy atom. The lowest BCUT2D eigenvalue weighted by Gasteiger charge is -2.31. The van der Waals surface area contributed by atoms with E-state index < -0.39 is 0 Å². The van der Waals surface area contributed by atoms with Crippen LogP contribution in [0.5, 0.6) is 0 Å². The topological polar surface area (TPSA) is 101 Å². The Morgan fingerprint density at radius 3 is 2.94 bits per heavy atom. The maximum atomic E-state index is 11.2. The number of nitrogens with one attached hydrogen (secondary N) is 1. The van der Waals surface area contributed by atoms with Gasteiger partial charge in [-0.1, -0.05) is 0 Å². The van der Waals surface area contributed by atoms with Crippen LogP contribution in [0.3, 0.4) is 0 Å². The largest absolute Gasteiger partial charge is 0.369 e. The highest BCUT2D eigenvalue weighted by molar-refractivity contribution is 5.85. The molecule has 1 unspecified atom stereocenters. The maximum Gasteiger partial charge on any atom is 0.254 e. The predicted octanol–water partition coefficient (Wildman–Crippen LogP) is -0.299. The summed E-state index contributed by atoms with van der Waals surface area (Å²) in [7, 11) is 0. The molecule has 1 atom stereocenters. The number of nitrogen functional groups attached to an aromatic ring is 1. The van der Waals surface area contributed by atoms with Crippen LogP contribution in [-0.2, 0) is 0 Å². The Kier molecular flexibility index (Phi) is 4.14. The Balaban J connectivity index is 0.00000128. The molecule has 0 saturated carbocycles. The molecular weight excluding hydrogens is 230 g/mol. The number of H-pyrrole nitrogens is 1. The van der Waals surface area contributed by atoms with Crippen LogP contribution in [0.15, 0.2) is 10.9 Å². The smallest absolute Gasteiger partial charge is 0.254 e. The van der Waals surface area contributed by atoms with Gasteiger partial charge in [-0.25, -0.2) is 0 Å². The third kappa shape index (κ3) is 2.86. The number of aromatic amines is 1. The van der Waals surface area contributed by atoms with Gasteiger partial charge >= 0.3 is 0 Å². The van der Waals surface area contributed by atoms with Crippen LogP contribution in [0, 0.1) is 0 Å². The zero-order valence-corrected chi connectivity index (χ0v) is 9.67. The average molecular weight is 246 g/mol. The molecule has 1 aromatic rings. The second-order valence-corrected chi connectivity index (χ2v) is 3.84. The van der Waals surface area contributed by atoms with Gasteiger partial charge in [-0.15, -0.1) is 12.4 Å². The van der Waals surface area contributed by atoms with Crippen LogP contribution in [0.25, 0.3) is 0 Å². The average Bonchev–Trinajstić information content (AvgIpc) is 2.16. The van der Waals surface area contributed by atoms with Crippen LogP contribution < -0.4 is 21.9 Å². The normalized spacial score (nSPS) is 20.3. The Bertz CT molecular complexity index is 407. The number of hydrogen-bond donors (Lipinski definition) is 3. The Labute approximate surface area is 99.4 Å². The fourth-order valence-corrected chi connectivity index (χ4v) is 1.84. The molecule has 0 spiro atoms. The van der Waals surface area contributed by atoms with Crippen molar-refractivity contribution in [2.45, 2.75) is 18.9 Å². The minimum absolute atomic E-state index is 0. The molecule has 7 heteroatoms. The molecule has 1 aliphatic heterocycles. The highest BCUT2D eigenvalue weighted by atomic mass is 35.5. The molecule has 1 fully saturated rings. The van der Waals surface area contributed by atoms with E-state index >= 15 is 0 Å². The van der Waals surface area contributed by atoms with E-state index in [2.05, 4.69) is 9.97 Å². The minimum atomic E-state index is -0.225. The van der Waals surface area contributed by atoms with Crippen molar-refractivity contribution in [2.24, 2.45) is 5.73 Å². The van der Waals surface area contributed by atoms with Crippen LogP contribution in [0.4, 0.5) is 11.8 Å². The summed E-state index contributed by atoms with van der Waals surface area (Å²) in [6.07, 6.45) is 2.05. The van der Waals surface area contributed by atoms with Crippen molar-refractivity contribution in [1.82, 2.24) is 9.97 Å². The van der Waals surface area contributed by atoms with Gasteiger partial charge in [0.1, 0.15) is 5.82 Å². The van der Waals surface area contributed by atoms with Gasteiger partial charge < -0.3 is 16.4 Å². The zero-order valence-electron chi connectivity index (χ0n) is 8.85. The van der Waals surface area contributed by atoms with Gasteiger partial charge in [-0.3, -0.25) is 9.78 Å². The fourth-order valence-electron chi connectivity index (χ4n) is 1.84. The van der Waals surface area contributed by atoms with Crippen molar-refractivity contribution in [3.05, 3.63) is 16.4 Å². The van der Waals surface area contributed by atoms with Gasteiger partial charge in [0.15, 0.2) is 0 Å². The second kappa shape index (κ2) is 5.18. The zero-order chi connectivity index (χ0) is 10.8. The molecule has 6 nitrogen and oxygen atoms in total. The lowest BCUT2D eigenvalue weighted by Crippen LogP contribution is -2.43. The molecular formula is C9H16ClN5O. The molecule has 1 aromatic heterocycles. The molecule has 16 heavy (non-hydrogen) atoms. The number of rotatable bonds is 1. The summed E-state index contributed by atoms with van der Waals surface area (Å²) in [4.78, 5) is 19.7. The van der Waals surface area contributed by atoms with E-state index in [1.165, 1.54) is 6.07 Å².